The number of hydrogen-bond donors (Lipinski definition) is 5. The molecule has 0 aliphatic carbocycles. The Morgan fingerprint density at radius 1 is 0.689 bits per heavy atom. The Kier molecular flexibility index (Phi) is 14.8. The second-order valence-corrected chi connectivity index (χ2v) is 11.7. The highest BCUT2D eigenvalue weighted by Crippen LogP contribution is 2.13. The van der Waals surface area contributed by atoms with Crippen LogP contribution < -0.4 is 21.3 Å². The minimum Gasteiger partial charge on any atom is -0.480 e. The summed E-state index contributed by atoms with van der Waals surface area (Å²) in [7, 11) is 0. The average Bonchev–Trinajstić information content (AvgIpc) is 3.04. The lowest BCUT2D eigenvalue weighted by Crippen LogP contribution is -2.55. The number of amides is 3. The second-order valence-electron chi connectivity index (χ2n) is 11.7. The quantitative estimate of drug-likeness (QED) is 0.118. The third-order valence-corrected chi connectivity index (χ3v) is 7.45. The lowest BCUT2D eigenvalue weighted by molar-refractivity contribution is -0.140. The maximum absolute atomic E-state index is 13.7. The van der Waals surface area contributed by atoms with Gasteiger partial charge >= 0.3 is 5.97 Å². The van der Waals surface area contributed by atoms with E-state index in [-0.39, 0.29) is 17.7 Å². The highest BCUT2D eigenvalue weighted by atomic mass is 16.4. The van der Waals surface area contributed by atoms with Crippen molar-refractivity contribution in [1.29, 1.82) is 0 Å². The van der Waals surface area contributed by atoms with Crippen LogP contribution in [0.4, 0.5) is 5.69 Å². The van der Waals surface area contributed by atoms with Crippen molar-refractivity contribution in [2.24, 2.45) is 5.92 Å². The molecule has 0 saturated heterocycles. The lowest BCUT2D eigenvalue weighted by atomic mass is 9.99. The van der Waals surface area contributed by atoms with E-state index >= 15 is 0 Å². The summed E-state index contributed by atoms with van der Waals surface area (Å²) in [5, 5.41) is 21.8. The minimum absolute atomic E-state index is 0.136. The Morgan fingerprint density at radius 2 is 1.31 bits per heavy atom. The molecule has 5 N–H and O–H groups in total. The molecule has 0 bridgehead atoms. The zero-order chi connectivity index (χ0) is 32.4. The van der Waals surface area contributed by atoms with Gasteiger partial charge in [-0.15, -0.1) is 0 Å². The Labute approximate surface area is 266 Å². The predicted octanol–water partition coefficient (Wildman–Crippen LogP) is 5.19. The van der Waals surface area contributed by atoms with E-state index in [1.54, 1.807) is 24.3 Å². The van der Waals surface area contributed by atoms with Crippen LogP contribution in [0.3, 0.4) is 0 Å². The van der Waals surface area contributed by atoms with Crippen molar-refractivity contribution in [3.8, 4) is 0 Å². The van der Waals surface area contributed by atoms with E-state index < -0.39 is 30.0 Å². The number of para-hydroxylation sites is 1. The van der Waals surface area contributed by atoms with Crippen molar-refractivity contribution >= 4 is 29.4 Å². The third-order valence-electron chi connectivity index (χ3n) is 7.45. The van der Waals surface area contributed by atoms with E-state index in [0.717, 1.165) is 12.0 Å². The fraction of sp³-hybridized carbons (Fsp3) is 0.389. The van der Waals surface area contributed by atoms with Crippen molar-refractivity contribution < 1.29 is 24.3 Å². The zero-order valence-corrected chi connectivity index (χ0v) is 26.2. The van der Waals surface area contributed by atoms with Crippen molar-refractivity contribution in [2.45, 2.75) is 76.9 Å². The normalized spacial score (nSPS) is 13.0. The predicted molar refractivity (Wildman–Crippen MR) is 177 cm³/mol. The van der Waals surface area contributed by atoms with Crippen LogP contribution in [0.2, 0.25) is 0 Å². The van der Waals surface area contributed by atoms with E-state index in [2.05, 4.69) is 21.3 Å². The van der Waals surface area contributed by atoms with Crippen LogP contribution in [-0.4, -0.2) is 53.5 Å². The molecule has 0 saturated carbocycles. The van der Waals surface area contributed by atoms with Crippen molar-refractivity contribution in [1.82, 2.24) is 16.0 Å². The van der Waals surface area contributed by atoms with Crippen LogP contribution in [0.1, 0.15) is 68.3 Å². The number of carboxylic acids is 1. The number of carbonyl (C=O) groups excluding carboxylic acids is 3. The van der Waals surface area contributed by atoms with Crippen LogP contribution in [0.25, 0.3) is 0 Å². The first-order chi connectivity index (χ1) is 21.7. The molecule has 0 aliphatic heterocycles. The summed E-state index contributed by atoms with van der Waals surface area (Å²) in [5.74, 6) is -1.77. The summed E-state index contributed by atoms with van der Waals surface area (Å²) in [5.41, 5.74) is 2.26. The molecule has 240 valence electrons. The van der Waals surface area contributed by atoms with Gasteiger partial charge in [0.1, 0.15) is 12.1 Å². The summed E-state index contributed by atoms with van der Waals surface area (Å²) in [6, 6.07) is 25.2. The first kappa shape index (κ1) is 35.0. The standard InChI is InChI=1S/C36H46N4O5/c1-26(2)25-32(35(43)38-29-19-11-5-12-20-29)40-34(42)30(23-22-27-15-7-3-8-16-27)39-31(36(44)45)21-13-6-14-24-37-33(41)28-17-9-4-10-18-28/h3-5,7-12,15-20,26,30-32,39H,6,13-14,21-25H2,1-2H3,(H,37,41)(H,38,43)(H,40,42)(H,44,45)/t30-,31+,32-/m0/s1. The molecule has 3 amide bonds. The lowest BCUT2D eigenvalue weighted by Gasteiger charge is -2.26. The maximum atomic E-state index is 13.7. The molecule has 0 heterocycles. The molecule has 0 spiro atoms. The number of nitrogens with one attached hydrogen (secondary N) is 4. The van der Waals surface area contributed by atoms with Crippen LogP contribution >= 0.6 is 0 Å². The van der Waals surface area contributed by atoms with E-state index in [4.69, 9.17) is 0 Å². The van der Waals surface area contributed by atoms with Crippen molar-refractivity contribution in [3.05, 3.63) is 102 Å². The number of aryl methyl sites for hydroxylation is 1. The van der Waals surface area contributed by atoms with Gasteiger partial charge in [-0.3, -0.25) is 24.5 Å². The van der Waals surface area contributed by atoms with Crippen LogP contribution in [0.5, 0.6) is 0 Å². The molecule has 3 aromatic carbocycles. The molecule has 3 rings (SSSR count). The molecule has 45 heavy (non-hydrogen) atoms. The highest BCUT2D eigenvalue weighted by molar-refractivity contribution is 5.98. The molecule has 3 atom stereocenters. The minimum atomic E-state index is -1.04. The molecule has 3 aromatic rings. The van der Waals surface area contributed by atoms with Gasteiger partial charge in [0, 0.05) is 17.8 Å². The molecule has 9 heteroatoms. The van der Waals surface area contributed by atoms with Crippen LogP contribution in [0, 0.1) is 5.92 Å². The molecule has 0 unspecified atom stereocenters. The second kappa shape index (κ2) is 19.0. The molecule has 9 nitrogen and oxygen atoms in total. The first-order valence-electron chi connectivity index (χ1n) is 15.7. The number of hydrogen-bond acceptors (Lipinski definition) is 5. The van der Waals surface area contributed by atoms with Gasteiger partial charge < -0.3 is 21.1 Å². The molecule has 0 fully saturated rings. The topological polar surface area (TPSA) is 137 Å². The number of benzene rings is 3. The number of aliphatic carboxylic acids is 1. The van der Waals surface area contributed by atoms with E-state index in [9.17, 15) is 24.3 Å². The fourth-order valence-corrected chi connectivity index (χ4v) is 5.04. The largest absolute Gasteiger partial charge is 0.480 e. The van der Waals surface area contributed by atoms with Gasteiger partial charge in [0.05, 0.1) is 6.04 Å². The first-order valence-corrected chi connectivity index (χ1v) is 15.7. The zero-order valence-electron chi connectivity index (χ0n) is 26.2. The molecular formula is C36H46N4O5. The number of carboxylic acid groups (broad SMARTS) is 1. The molecule has 0 aromatic heterocycles. The molecule has 0 aliphatic rings. The van der Waals surface area contributed by atoms with E-state index in [0.29, 0.717) is 56.3 Å². The Hall–Kier alpha value is -4.50. The summed E-state index contributed by atoms with van der Waals surface area (Å²) in [4.78, 5) is 51.4. The van der Waals surface area contributed by atoms with Gasteiger partial charge in [0.25, 0.3) is 5.91 Å². The Bertz CT molecular complexity index is 1340. The third kappa shape index (κ3) is 12.9. The fourth-order valence-electron chi connectivity index (χ4n) is 5.04. The summed E-state index contributed by atoms with van der Waals surface area (Å²) in [6.07, 6.45) is 3.70. The Morgan fingerprint density at radius 3 is 1.93 bits per heavy atom. The van der Waals surface area contributed by atoms with Gasteiger partial charge in [0.2, 0.25) is 11.8 Å². The number of unbranched alkanes of at least 4 members (excludes halogenated alkanes) is 2. The van der Waals surface area contributed by atoms with Crippen LogP contribution in [0.15, 0.2) is 91.0 Å². The van der Waals surface area contributed by atoms with Gasteiger partial charge in [0.15, 0.2) is 0 Å². The summed E-state index contributed by atoms with van der Waals surface area (Å²) < 4.78 is 0. The van der Waals surface area contributed by atoms with Gasteiger partial charge in [-0.05, 0) is 67.9 Å². The molecular weight excluding hydrogens is 568 g/mol. The Balaban J connectivity index is 1.61. The van der Waals surface area contributed by atoms with Crippen molar-refractivity contribution in [3.63, 3.8) is 0 Å². The highest BCUT2D eigenvalue weighted by Gasteiger charge is 2.29. The summed E-state index contributed by atoms with van der Waals surface area (Å²) >= 11 is 0. The van der Waals surface area contributed by atoms with E-state index in [1.165, 1.54) is 0 Å². The average molecular weight is 615 g/mol. The van der Waals surface area contributed by atoms with Crippen molar-refractivity contribution in [2.75, 3.05) is 11.9 Å². The molecule has 0 radical (unpaired) electrons. The number of anilines is 1. The SMILES string of the molecule is CC(C)C[C@H](NC(=O)[C@H](CCc1ccccc1)N[C@H](CCCCCNC(=O)c1ccccc1)C(=O)O)C(=O)Nc1ccccc1. The van der Waals surface area contributed by atoms with E-state index in [1.807, 2.05) is 80.6 Å². The van der Waals surface area contributed by atoms with Gasteiger partial charge in [-0.2, -0.15) is 0 Å². The van der Waals surface area contributed by atoms with Gasteiger partial charge in [-0.1, -0.05) is 93.4 Å². The smallest absolute Gasteiger partial charge is 0.320 e. The number of carbonyl (C=O) groups is 4. The van der Waals surface area contributed by atoms with Gasteiger partial charge in [-0.25, -0.2) is 0 Å². The monoisotopic (exact) mass is 614 g/mol. The number of rotatable bonds is 19. The maximum Gasteiger partial charge on any atom is 0.320 e. The summed E-state index contributed by atoms with van der Waals surface area (Å²) in [6.45, 7) is 4.45. The van der Waals surface area contributed by atoms with Crippen LogP contribution in [-0.2, 0) is 20.8 Å².